The Balaban J connectivity index is 1.66. The fraction of sp³-hybridized carbons (Fsp3) is 0.150. The summed E-state index contributed by atoms with van der Waals surface area (Å²) in [5, 5.41) is 9.32. The molecule has 150 valence electrons. The Hall–Kier alpha value is -3.03. The molecule has 7 nitrogen and oxygen atoms in total. The van der Waals surface area contributed by atoms with Gasteiger partial charge in [0.25, 0.3) is 5.91 Å². The van der Waals surface area contributed by atoms with Gasteiger partial charge in [-0.2, -0.15) is 10.2 Å². The van der Waals surface area contributed by atoms with E-state index >= 15 is 0 Å². The standard InChI is InChI=1S/C20H18Cl2N4O3/c1-28-18-5-3-4-13(19(18)29-2)11-23-24-20(27)17-8-9-26(25-17)12-14-6-7-15(21)10-16(14)22/h3-11H,12H2,1-2H3,(H,24,27)/b23-11-. The van der Waals surface area contributed by atoms with Crippen LogP contribution in [0.4, 0.5) is 0 Å². The largest absolute Gasteiger partial charge is 0.493 e. The molecule has 0 radical (unpaired) electrons. The van der Waals surface area contributed by atoms with Gasteiger partial charge in [0.15, 0.2) is 17.2 Å². The third kappa shape index (κ3) is 5.07. The molecule has 0 bridgehead atoms. The van der Waals surface area contributed by atoms with E-state index in [1.54, 1.807) is 54.4 Å². The summed E-state index contributed by atoms with van der Waals surface area (Å²) in [6.07, 6.45) is 3.17. The van der Waals surface area contributed by atoms with Gasteiger partial charge >= 0.3 is 0 Å². The Kier molecular flexibility index (Phi) is 6.74. The summed E-state index contributed by atoms with van der Waals surface area (Å²) in [6.45, 7) is 0.410. The highest BCUT2D eigenvalue weighted by Gasteiger charge is 2.11. The first-order valence-corrected chi connectivity index (χ1v) is 9.29. The molecule has 0 aliphatic rings. The zero-order valence-corrected chi connectivity index (χ0v) is 17.2. The first kappa shape index (κ1) is 20.7. The number of methoxy groups -OCH3 is 2. The molecule has 1 heterocycles. The van der Waals surface area contributed by atoms with E-state index in [0.29, 0.717) is 33.7 Å². The lowest BCUT2D eigenvalue weighted by atomic mass is 10.2. The Bertz CT molecular complexity index is 1050. The van der Waals surface area contributed by atoms with E-state index in [0.717, 1.165) is 5.56 Å². The molecule has 0 aliphatic heterocycles. The zero-order valence-electron chi connectivity index (χ0n) is 15.7. The predicted molar refractivity (Wildman–Crippen MR) is 112 cm³/mol. The number of ether oxygens (including phenoxy) is 2. The molecule has 3 aromatic rings. The molecule has 0 saturated heterocycles. The Morgan fingerprint density at radius 3 is 2.76 bits per heavy atom. The second-order valence-corrected chi connectivity index (χ2v) is 6.76. The van der Waals surface area contributed by atoms with Gasteiger partial charge in [0.2, 0.25) is 0 Å². The smallest absolute Gasteiger partial charge is 0.291 e. The summed E-state index contributed by atoms with van der Waals surface area (Å²) in [6, 6.07) is 12.2. The molecule has 0 atom stereocenters. The molecule has 9 heteroatoms. The highest BCUT2D eigenvalue weighted by atomic mass is 35.5. The van der Waals surface area contributed by atoms with Crippen molar-refractivity contribution in [2.24, 2.45) is 5.10 Å². The minimum Gasteiger partial charge on any atom is -0.493 e. The number of rotatable bonds is 7. The number of aromatic nitrogens is 2. The molecule has 0 saturated carbocycles. The maximum absolute atomic E-state index is 12.3. The Morgan fingerprint density at radius 2 is 2.03 bits per heavy atom. The molecule has 0 unspecified atom stereocenters. The number of carbonyl (C=O) groups excluding carboxylic acids is 1. The summed E-state index contributed by atoms with van der Waals surface area (Å²) >= 11 is 12.1. The number of hydrogen-bond acceptors (Lipinski definition) is 5. The summed E-state index contributed by atoms with van der Waals surface area (Å²) < 4.78 is 12.2. The van der Waals surface area contributed by atoms with E-state index in [1.807, 2.05) is 6.07 Å². The quantitative estimate of drug-likeness (QED) is 0.451. The van der Waals surface area contributed by atoms with Crippen molar-refractivity contribution in [1.82, 2.24) is 15.2 Å². The monoisotopic (exact) mass is 432 g/mol. The van der Waals surface area contributed by atoms with Gasteiger partial charge in [-0.25, -0.2) is 5.43 Å². The minimum absolute atomic E-state index is 0.227. The summed E-state index contributed by atoms with van der Waals surface area (Å²) in [5.41, 5.74) is 4.18. The van der Waals surface area contributed by atoms with Crippen molar-refractivity contribution in [1.29, 1.82) is 0 Å². The van der Waals surface area contributed by atoms with Crippen LogP contribution in [0.5, 0.6) is 11.5 Å². The van der Waals surface area contributed by atoms with Crippen molar-refractivity contribution in [2.75, 3.05) is 14.2 Å². The number of para-hydroxylation sites is 1. The van der Waals surface area contributed by atoms with Crippen LogP contribution in [0.15, 0.2) is 53.8 Å². The number of nitrogens with one attached hydrogen (secondary N) is 1. The van der Waals surface area contributed by atoms with Crippen molar-refractivity contribution in [3.8, 4) is 11.5 Å². The van der Waals surface area contributed by atoms with E-state index in [9.17, 15) is 4.79 Å². The maximum Gasteiger partial charge on any atom is 0.291 e. The number of amides is 1. The molecule has 29 heavy (non-hydrogen) atoms. The number of hydrazone groups is 1. The number of hydrogen-bond donors (Lipinski definition) is 1. The van der Waals surface area contributed by atoms with E-state index in [4.69, 9.17) is 32.7 Å². The van der Waals surface area contributed by atoms with Gasteiger partial charge in [0.1, 0.15) is 0 Å². The highest BCUT2D eigenvalue weighted by molar-refractivity contribution is 6.35. The third-order valence-corrected chi connectivity index (χ3v) is 4.61. The van der Waals surface area contributed by atoms with Crippen molar-refractivity contribution in [3.05, 3.63) is 75.5 Å². The molecular weight excluding hydrogens is 415 g/mol. The molecule has 1 amide bonds. The second kappa shape index (κ2) is 9.45. The van der Waals surface area contributed by atoms with Crippen LogP contribution in [0.2, 0.25) is 10.0 Å². The highest BCUT2D eigenvalue weighted by Crippen LogP contribution is 2.29. The molecule has 0 aliphatic carbocycles. The van der Waals surface area contributed by atoms with Crippen LogP contribution >= 0.6 is 23.2 Å². The van der Waals surface area contributed by atoms with Crippen LogP contribution in [0, 0.1) is 0 Å². The van der Waals surface area contributed by atoms with Crippen LogP contribution in [0.1, 0.15) is 21.6 Å². The molecule has 1 aromatic heterocycles. The molecular formula is C20H18Cl2N4O3. The van der Waals surface area contributed by atoms with Crippen LogP contribution in [-0.2, 0) is 6.54 Å². The number of benzene rings is 2. The van der Waals surface area contributed by atoms with E-state index < -0.39 is 5.91 Å². The van der Waals surface area contributed by atoms with E-state index in [1.165, 1.54) is 13.3 Å². The predicted octanol–water partition coefficient (Wildman–Crippen LogP) is 4.02. The lowest BCUT2D eigenvalue weighted by Crippen LogP contribution is -2.18. The zero-order chi connectivity index (χ0) is 20.8. The SMILES string of the molecule is COc1cccc(/C=N\NC(=O)c2ccn(Cc3ccc(Cl)cc3Cl)n2)c1OC. The van der Waals surface area contributed by atoms with Crippen molar-refractivity contribution in [3.63, 3.8) is 0 Å². The fourth-order valence-electron chi connectivity index (χ4n) is 2.63. The first-order valence-electron chi connectivity index (χ1n) is 8.53. The van der Waals surface area contributed by atoms with Gasteiger partial charge in [-0.05, 0) is 35.9 Å². The fourth-order valence-corrected chi connectivity index (χ4v) is 3.09. The maximum atomic E-state index is 12.3. The molecule has 2 aromatic carbocycles. The lowest BCUT2D eigenvalue weighted by molar-refractivity contribution is 0.0949. The molecule has 0 spiro atoms. The van der Waals surface area contributed by atoms with Gasteiger partial charge in [-0.1, -0.05) is 35.3 Å². The summed E-state index contributed by atoms with van der Waals surface area (Å²) in [4.78, 5) is 12.3. The van der Waals surface area contributed by atoms with Crippen LogP contribution in [0.25, 0.3) is 0 Å². The van der Waals surface area contributed by atoms with Crippen LogP contribution in [0.3, 0.4) is 0 Å². The average Bonchev–Trinajstić information content (AvgIpc) is 3.18. The summed E-state index contributed by atoms with van der Waals surface area (Å²) in [7, 11) is 3.08. The molecule has 1 N–H and O–H groups in total. The van der Waals surface area contributed by atoms with Gasteiger partial charge in [-0.3, -0.25) is 9.48 Å². The molecule has 0 fully saturated rings. The lowest BCUT2D eigenvalue weighted by Gasteiger charge is -2.09. The van der Waals surface area contributed by atoms with Crippen molar-refractivity contribution < 1.29 is 14.3 Å². The Labute approximate surface area is 177 Å². The number of carbonyl (C=O) groups is 1. The molecule has 3 rings (SSSR count). The number of nitrogens with zero attached hydrogens (tertiary/aromatic N) is 3. The first-order chi connectivity index (χ1) is 14.0. The van der Waals surface area contributed by atoms with Crippen LogP contribution < -0.4 is 14.9 Å². The Morgan fingerprint density at radius 1 is 1.21 bits per heavy atom. The number of halogens is 2. The topological polar surface area (TPSA) is 77.7 Å². The van der Waals surface area contributed by atoms with Crippen LogP contribution in [-0.4, -0.2) is 36.1 Å². The van der Waals surface area contributed by atoms with E-state index in [2.05, 4.69) is 15.6 Å². The third-order valence-electron chi connectivity index (χ3n) is 4.02. The second-order valence-electron chi connectivity index (χ2n) is 5.92. The van der Waals surface area contributed by atoms with Crippen molar-refractivity contribution >= 4 is 35.3 Å². The van der Waals surface area contributed by atoms with Gasteiger partial charge in [-0.15, -0.1) is 0 Å². The van der Waals surface area contributed by atoms with Gasteiger partial charge in [0, 0.05) is 21.8 Å². The van der Waals surface area contributed by atoms with Gasteiger partial charge < -0.3 is 9.47 Å². The van der Waals surface area contributed by atoms with E-state index in [-0.39, 0.29) is 5.69 Å². The minimum atomic E-state index is -0.441. The summed E-state index contributed by atoms with van der Waals surface area (Å²) in [5.74, 6) is 0.656. The van der Waals surface area contributed by atoms with Crippen molar-refractivity contribution in [2.45, 2.75) is 6.54 Å². The normalized spacial score (nSPS) is 10.9. The van der Waals surface area contributed by atoms with Gasteiger partial charge in [0.05, 0.1) is 27.0 Å². The average molecular weight is 433 g/mol.